The summed E-state index contributed by atoms with van der Waals surface area (Å²) in [6.07, 6.45) is -4.62. The Kier molecular flexibility index (Phi) is 7.22. The van der Waals surface area contributed by atoms with Crippen molar-refractivity contribution >= 4 is 29.0 Å². The summed E-state index contributed by atoms with van der Waals surface area (Å²) in [4.78, 5) is 38.3. The zero-order chi connectivity index (χ0) is 24.2. The number of nitrogens with zero attached hydrogens (tertiary/aromatic N) is 1. The van der Waals surface area contributed by atoms with Gasteiger partial charge < -0.3 is 20.1 Å². The molecule has 0 unspecified atom stereocenters. The molecule has 0 spiro atoms. The van der Waals surface area contributed by atoms with E-state index in [0.29, 0.717) is 11.5 Å². The Hall–Kier alpha value is -3.60. The number of likely N-dealkylation sites (N-methyl/N-ethyl adjacent to an activating group) is 1. The van der Waals surface area contributed by atoms with E-state index >= 15 is 0 Å². The maximum Gasteiger partial charge on any atom is 0.418 e. The summed E-state index contributed by atoms with van der Waals surface area (Å²) in [6, 6.07) is 7.60. The summed E-state index contributed by atoms with van der Waals surface area (Å²) in [5, 5.41) is 4.87. The van der Waals surface area contributed by atoms with Crippen LogP contribution >= 0.6 is 0 Å². The number of alkyl halides is 3. The lowest BCUT2D eigenvalue weighted by molar-refractivity contribution is -0.137. The first-order chi connectivity index (χ1) is 15.6. The Morgan fingerprint density at radius 2 is 1.55 bits per heavy atom. The minimum atomic E-state index is -4.62. The minimum Gasteiger partial charge on any atom is -0.454 e. The minimum absolute atomic E-state index is 0.000267. The normalized spacial score (nSPS) is 12.5. The van der Waals surface area contributed by atoms with Gasteiger partial charge in [0.05, 0.1) is 30.0 Å². The van der Waals surface area contributed by atoms with Gasteiger partial charge in [0.25, 0.3) is 0 Å². The summed E-state index contributed by atoms with van der Waals surface area (Å²) >= 11 is 0. The lowest BCUT2D eigenvalue weighted by Crippen LogP contribution is -2.39. The van der Waals surface area contributed by atoms with Crippen LogP contribution in [0.5, 0.6) is 11.5 Å². The second kappa shape index (κ2) is 9.90. The molecule has 2 aromatic rings. The first-order valence-electron chi connectivity index (χ1n) is 10.0. The van der Waals surface area contributed by atoms with Crippen LogP contribution in [-0.2, 0) is 15.8 Å². The molecule has 1 heterocycles. The molecule has 0 fully saturated rings. The van der Waals surface area contributed by atoms with Crippen molar-refractivity contribution < 1.29 is 37.0 Å². The van der Waals surface area contributed by atoms with E-state index in [1.54, 1.807) is 6.92 Å². The van der Waals surface area contributed by atoms with E-state index in [-0.39, 0.29) is 49.1 Å². The van der Waals surface area contributed by atoms with Gasteiger partial charge in [-0.15, -0.1) is 0 Å². The standard InChI is InChI=1S/C22H22F3N3O5/c1-3-28(10-20(30)26-16-7-5-4-6-15(16)22(23,24)25)11-21(31)27-17-9-19-18(32-12-33-19)8-14(17)13(2)29/h4-9H,3,10-12H2,1-2H3,(H,26,30)(H,27,31). The summed E-state index contributed by atoms with van der Waals surface area (Å²) in [5.74, 6) is -0.733. The predicted octanol–water partition coefficient (Wildman–Crippen LogP) is 3.54. The van der Waals surface area contributed by atoms with Gasteiger partial charge in [-0.1, -0.05) is 19.1 Å². The first kappa shape index (κ1) is 24.1. The average molecular weight is 465 g/mol. The molecule has 0 saturated heterocycles. The zero-order valence-corrected chi connectivity index (χ0v) is 17.9. The zero-order valence-electron chi connectivity index (χ0n) is 17.9. The van der Waals surface area contributed by atoms with E-state index in [4.69, 9.17) is 9.47 Å². The number of rotatable bonds is 8. The number of ether oxygens (including phenoxy) is 2. The van der Waals surface area contributed by atoms with Crippen LogP contribution in [0.2, 0.25) is 0 Å². The maximum atomic E-state index is 13.1. The molecule has 0 bridgehead atoms. The number of halogens is 3. The number of benzene rings is 2. The Morgan fingerprint density at radius 1 is 0.970 bits per heavy atom. The van der Waals surface area contributed by atoms with Crippen molar-refractivity contribution in [3.63, 3.8) is 0 Å². The van der Waals surface area contributed by atoms with Crippen molar-refractivity contribution in [2.24, 2.45) is 0 Å². The number of Topliss-reactive ketones (excluding diaryl/α,β-unsaturated/α-hetero) is 1. The molecule has 0 radical (unpaired) electrons. The van der Waals surface area contributed by atoms with Crippen molar-refractivity contribution in [2.75, 3.05) is 37.1 Å². The molecule has 0 saturated carbocycles. The fourth-order valence-electron chi connectivity index (χ4n) is 3.24. The lowest BCUT2D eigenvalue weighted by atomic mass is 10.1. The highest BCUT2D eigenvalue weighted by Gasteiger charge is 2.33. The van der Waals surface area contributed by atoms with Crippen molar-refractivity contribution in [3.8, 4) is 11.5 Å². The fraction of sp³-hybridized carbons (Fsp3) is 0.318. The van der Waals surface area contributed by atoms with Crippen LogP contribution in [-0.4, -0.2) is 48.9 Å². The molecule has 1 aliphatic heterocycles. The number of anilines is 2. The van der Waals surface area contributed by atoms with Crippen molar-refractivity contribution in [1.82, 2.24) is 4.90 Å². The number of fused-ring (bicyclic) bond motifs is 1. The van der Waals surface area contributed by atoms with Crippen LogP contribution in [0.4, 0.5) is 24.5 Å². The topological polar surface area (TPSA) is 97.0 Å². The van der Waals surface area contributed by atoms with E-state index in [2.05, 4.69) is 10.6 Å². The molecule has 176 valence electrons. The van der Waals surface area contributed by atoms with Crippen LogP contribution in [0.3, 0.4) is 0 Å². The van der Waals surface area contributed by atoms with Crippen molar-refractivity contribution in [1.29, 1.82) is 0 Å². The maximum absolute atomic E-state index is 13.1. The number of carbonyl (C=O) groups is 3. The van der Waals surface area contributed by atoms with Gasteiger partial charge in [-0.2, -0.15) is 13.2 Å². The van der Waals surface area contributed by atoms with Crippen LogP contribution in [0.1, 0.15) is 29.8 Å². The third-order valence-electron chi connectivity index (χ3n) is 4.85. The highest BCUT2D eigenvalue weighted by Crippen LogP contribution is 2.37. The molecule has 1 aliphatic rings. The highest BCUT2D eigenvalue weighted by atomic mass is 19.4. The van der Waals surface area contributed by atoms with Gasteiger partial charge in [0.2, 0.25) is 18.6 Å². The molecule has 2 aromatic carbocycles. The number of hydrogen-bond acceptors (Lipinski definition) is 6. The lowest BCUT2D eigenvalue weighted by Gasteiger charge is -2.20. The van der Waals surface area contributed by atoms with E-state index < -0.39 is 23.6 Å². The number of hydrogen-bond donors (Lipinski definition) is 2. The second-order valence-corrected chi connectivity index (χ2v) is 7.25. The van der Waals surface area contributed by atoms with E-state index in [1.807, 2.05) is 0 Å². The Morgan fingerprint density at radius 3 is 2.12 bits per heavy atom. The molecule has 0 aromatic heterocycles. The number of nitrogens with one attached hydrogen (secondary N) is 2. The summed E-state index contributed by atoms with van der Waals surface area (Å²) in [5.41, 5.74) is -0.853. The molecule has 0 atom stereocenters. The van der Waals surface area contributed by atoms with E-state index in [1.165, 1.54) is 36.1 Å². The molecule has 2 N–H and O–H groups in total. The Bertz CT molecular complexity index is 1070. The van der Waals surface area contributed by atoms with Gasteiger partial charge in [0, 0.05) is 11.6 Å². The van der Waals surface area contributed by atoms with E-state index in [9.17, 15) is 27.6 Å². The largest absolute Gasteiger partial charge is 0.454 e. The van der Waals surface area contributed by atoms with Crippen LogP contribution in [0.15, 0.2) is 36.4 Å². The SMILES string of the molecule is CCN(CC(=O)Nc1cc2c(cc1C(C)=O)OCO2)CC(=O)Nc1ccccc1C(F)(F)F. The summed E-state index contributed by atoms with van der Waals surface area (Å²) in [6.45, 7) is 2.79. The van der Waals surface area contributed by atoms with Gasteiger partial charge in [0.15, 0.2) is 17.3 Å². The number of ketones is 1. The van der Waals surface area contributed by atoms with Crippen LogP contribution in [0.25, 0.3) is 0 Å². The van der Waals surface area contributed by atoms with Gasteiger partial charge in [0.1, 0.15) is 0 Å². The molecule has 0 aliphatic carbocycles. The third kappa shape index (κ3) is 6.01. The molecule has 33 heavy (non-hydrogen) atoms. The fourth-order valence-corrected chi connectivity index (χ4v) is 3.24. The second-order valence-electron chi connectivity index (χ2n) is 7.25. The molecular formula is C22H22F3N3O5. The van der Waals surface area contributed by atoms with E-state index in [0.717, 1.165) is 12.1 Å². The number of para-hydroxylation sites is 1. The van der Waals surface area contributed by atoms with Crippen molar-refractivity contribution in [2.45, 2.75) is 20.0 Å². The van der Waals surface area contributed by atoms with Crippen LogP contribution < -0.4 is 20.1 Å². The van der Waals surface area contributed by atoms with Crippen molar-refractivity contribution in [3.05, 3.63) is 47.5 Å². The Balaban J connectivity index is 1.64. The van der Waals surface area contributed by atoms with Crippen LogP contribution in [0, 0.1) is 0 Å². The van der Waals surface area contributed by atoms with Gasteiger partial charge in [-0.25, -0.2) is 0 Å². The molecule has 3 rings (SSSR count). The summed E-state index contributed by atoms with van der Waals surface area (Å²) in [7, 11) is 0. The van der Waals surface area contributed by atoms with Gasteiger partial charge in [-0.3, -0.25) is 19.3 Å². The summed E-state index contributed by atoms with van der Waals surface area (Å²) < 4.78 is 49.9. The highest BCUT2D eigenvalue weighted by molar-refractivity contribution is 6.05. The molecule has 8 nitrogen and oxygen atoms in total. The third-order valence-corrected chi connectivity index (χ3v) is 4.85. The molecule has 11 heteroatoms. The quantitative estimate of drug-likeness (QED) is 0.579. The Labute approximate surface area is 187 Å². The number of carbonyl (C=O) groups excluding carboxylic acids is 3. The monoisotopic (exact) mass is 465 g/mol. The smallest absolute Gasteiger partial charge is 0.418 e. The first-order valence-corrected chi connectivity index (χ1v) is 10.0. The van der Waals surface area contributed by atoms with Gasteiger partial charge in [-0.05, 0) is 31.7 Å². The number of amides is 2. The molecule has 2 amide bonds. The van der Waals surface area contributed by atoms with Gasteiger partial charge >= 0.3 is 6.18 Å². The predicted molar refractivity (Wildman–Crippen MR) is 113 cm³/mol. The average Bonchev–Trinajstić information content (AvgIpc) is 3.19. The molecular weight excluding hydrogens is 443 g/mol.